The van der Waals surface area contributed by atoms with Gasteiger partial charge in [0.25, 0.3) is 0 Å². The summed E-state index contributed by atoms with van der Waals surface area (Å²) in [5.41, 5.74) is -2.27. The number of rotatable bonds is 3. The lowest BCUT2D eigenvalue weighted by molar-refractivity contribution is -0.140. The van der Waals surface area contributed by atoms with Gasteiger partial charge < -0.3 is 15.4 Å². The Bertz CT molecular complexity index is 804. The molecule has 2 aliphatic carbocycles. The largest absolute Gasteiger partial charge is 0.444 e. The van der Waals surface area contributed by atoms with Gasteiger partial charge in [0, 0.05) is 11.7 Å². The van der Waals surface area contributed by atoms with Crippen LogP contribution >= 0.6 is 0 Å². The number of hydrogen-bond acceptors (Lipinski definition) is 3. The van der Waals surface area contributed by atoms with Gasteiger partial charge >= 0.3 is 12.3 Å². The van der Waals surface area contributed by atoms with E-state index in [0.29, 0.717) is 12.1 Å². The first kappa shape index (κ1) is 21.4. The molecular formula is C20H24F4N2O3. The van der Waals surface area contributed by atoms with Crippen LogP contribution in [0.25, 0.3) is 0 Å². The van der Waals surface area contributed by atoms with Gasteiger partial charge in [0.05, 0.1) is 11.5 Å². The van der Waals surface area contributed by atoms with E-state index >= 15 is 0 Å². The molecule has 0 spiro atoms. The van der Waals surface area contributed by atoms with Gasteiger partial charge in [-0.05, 0) is 70.1 Å². The highest BCUT2D eigenvalue weighted by Crippen LogP contribution is 2.49. The van der Waals surface area contributed by atoms with Crippen LogP contribution in [0.3, 0.4) is 0 Å². The summed E-state index contributed by atoms with van der Waals surface area (Å²) < 4.78 is 57.5. The Morgan fingerprint density at radius 1 is 1.10 bits per heavy atom. The molecule has 9 heteroatoms. The van der Waals surface area contributed by atoms with Crippen molar-refractivity contribution in [3.05, 3.63) is 29.6 Å². The first-order chi connectivity index (χ1) is 13.3. The number of benzene rings is 1. The van der Waals surface area contributed by atoms with Gasteiger partial charge in [0.1, 0.15) is 11.4 Å². The molecule has 0 heterocycles. The van der Waals surface area contributed by atoms with Crippen molar-refractivity contribution in [2.45, 2.75) is 57.9 Å². The minimum atomic E-state index is -4.86. The highest BCUT2D eigenvalue weighted by atomic mass is 19.4. The topological polar surface area (TPSA) is 67.4 Å². The van der Waals surface area contributed by atoms with E-state index in [1.807, 2.05) is 0 Å². The number of alkyl halides is 3. The van der Waals surface area contributed by atoms with Crippen LogP contribution in [0.5, 0.6) is 0 Å². The van der Waals surface area contributed by atoms with Crippen molar-refractivity contribution in [2.24, 2.45) is 17.8 Å². The Kier molecular flexibility index (Phi) is 5.53. The number of hydrogen-bond donors (Lipinski definition) is 2. The number of halogens is 4. The van der Waals surface area contributed by atoms with Crippen molar-refractivity contribution in [1.29, 1.82) is 0 Å². The number of alkyl carbamates (subject to hydrolysis) is 1. The Morgan fingerprint density at radius 2 is 1.76 bits per heavy atom. The molecule has 0 aromatic heterocycles. The van der Waals surface area contributed by atoms with Crippen LogP contribution in [0, 0.1) is 23.6 Å². The summed E-state index contributed by atoms with van der Waals surface area (Å²) in [4.78, 5) is 25.0. The standard InChI is InChI=1S/C20H24F4N2O3/c1-19(2,3)29-18(28)26-16-11-5-4-10(8-11)15(16)17(27)25-12-6-7-14(21)13(9-12)20(22,23)24/h6-7,9-11,15-16H,4-5,8H2,1-3H3,(H,25,27)(H,26,28)/t10-,11+,15?,16-/m1/s1. The molecule has 2 fully saturated rings. The highest BCUT2D eigenvalue weighted by molar-refractivity contribution is 5.94. The number of ether oxygens (including phenoxy) is 1. The zero-order valence-electron chi connectivity index (χ0n) is 16.4. The van der Waals surface area contributed by atoms with Gasteiger partial charge in [-0.25, -0.2) is 9.18 Å². The summed E-state index contributed by atoms with van der Waals surface area (Å²) in [6.45, 7) is 5.18. The van der Waals surface area contributed by atoms with Crippen molar-refractivity contribution in [3.8, 4) is 0 Å². The summed E-state index contributed by atoms with van der Waals surface area (Å²) in [6, 6.07) is 1.89. The first-order valence-corrected chi connectivity index (χ1v) is 9.52. The molecule has 2 N–H and O–H groups in total. The van der Waals surface area contributed by atoms with E-state index < -0.39 is 47.1 Å². The Hall–Kier alpha value is -2.32. The van der Waals surface area contributed by atoms with E-state index in [2.05, 4.69) is 10.6 Å². The maximum absolute atomic E-state index is 13.5. The molecule has 4 atom stereocenters. The quantitative estimate of drug-likeness (QED) is 0.701. The monoisotopic (exact) mass is 416 g/mol. The minimum Gasteiger partial charge on any atom is -0.444 e. The highest BCUT2D eigenvalue weighted by Gasteiger charge is 2.51. The van der Waals surface area contributed by atoms with E-state index in [1.165, 1.54) is 0 Å². The number of nitrogens with one attached hydrogen (secondary N) is 2. The predicted molar refractivity (Wildman–Crippen MR) is 97.5 cm³/mol. The van der Waals surface area contributed by atoms with Crippen LogP contribution in [-0.2, 0) is 15.7 Å². The van der Waals surface area contributed by atoms with Crippen molar-refractivity contribution in [1.82, 2.24) is 5.32 Å². The number of fused-ring (bicyclic) bond motifs is 2. The molecule has 0 radical (unpaired) electrons. The lowest BCUT2D eigenvalue weighted by Crippen LogP contribution is -2.49. The number of carbonyl (C=O) groups excluding carboxylic acids is 2. The minimum absolute atomic E-state index is 0.0301. The van der Waals surface area contributed by atoms with Crippen molar-refractivity contribution in [3.63, 3.8) is 0 Å². The molecule has 0 saturated heterocycles. The predicted octanol–water partition coefficient (Wildman–Crippen LogP) is 4.72. The average molecular weight is 416 g/mol. The van der Waals surface area contributed by atoms with Gasteiger partial charge in [-0.15, -0.1) is 0 Å². The van der Waals surface area contributed by atoms with Crippen molar-refractivity contribution < 1.29 is 31.9 Å². The first-order valence-electron chi connectivity index (χ1n) is 9.52. The van der Waals surface area contributed by atoms with Crippen molar-refractivity contribution >= 4 is 17.7 Å². The summed E-state index contributed by atoms with van der Waals surface area (Å²) in [5.74, 6) is -2.33. The third-order valence-corrected chi connectivity index (χ3v) is 5.44. The van der Waals surface area contributed by atoms with Crippen LogP contribution in [-0.4, -0.2) is 23.6 Å². The van der Waals surface area contributed by atoms with Crippen LogP contribution in [0.4, 0.5) is 28.0 Å². The zero-order valence-corrected chi connectivity index (χ0v) is 16.4. The molecule has 3 rings (SSSR count). The molecule has 0 aliphatic heterocycles. The SMILES string of the molecule is CC(C)(C)OC(=O)N[C@H]1C(C(=O)Nc2ccc(F)c(C(F)(F)F)c2)[C@@H]2CC[C@H]1C2. The molecule has 1 unspecified atom stereocenters. The third-order valence-electron chi connectivity index (χ3n) is 5.44. The zero-order chi connectivity index (χ0) is 21.6. The maximum Gasteiger partial charge on any atom is 0.419 e. The van der Waals surface area contributed by atoms with Crippen molar-refractivity contribution in [2.75, 3.05) is 5.32 Å². The normalized spacial score (nSPS) is 26.3. The molecule has 5 nitrogen and oxygen atoms in total. The average Bonchev–Trinajstić information content (AvgIpc) is 3.15. The lowest BCUT2D eigenvalue weighted by Gasteiger charge is -2.31. The number of amides is 2. The van der Waals surface area contributed by atoms with E-state index in [9.17, 15) is 27.2 Å². The van der Waals surface area contributed by atoms with E-state index in [0.717, 1.165) is 25.3 Å². The van der Waals surface area contributed by atoms with Crippen LogP contribution in [0.1, 0.15) is 45.6 Å². The Labute approximate surface area is 166 Å². The molecule has 2 bridgehead atoms. The molecule has 2 saturated carbocycles. The molecular weight excluding hydrogens is 392 g/mol. The van der Waals surface area contributed by atoms with E-state index in [-0.39, 0.29) is 17.5 Å². The van der Waals surface area contributed by atoms with Gasteiger partial charge in [-0.3, -0.25) is 4.79 Å². The van der Waals surface area contributed by atoms with Crippen LogP contribution in [0.15, 0.2) is 18.2 Å². The Morgan fingerprint density at radius 3 is 2.38 bits per heavy atom. The number of carbonyl (C=O) groups is 2. The summed E-state index contributed by atoms with van der Waals surface area (Å²) in [5, 5.41) is 5.23. The summed E-state index contributed by atoms with van der Waals surface area (Å²) in [7, 11) is 0. The molecule has 2 aliphatic rings. The van der Waals surface area contributed by atoms with Gasteiger partial charge in [0.2, 0.25) is 5.91 Å². The number of anilines is 1. The lowest BCUT2D eigenvalue weighted by atomic mass is 9.83. The molecule has 29 heavy (non-hydrogen) atoms. The van der Waals surface area contributed by atoms with Gasteiger partial charge in [0.15, 0.2) is 0 Å². The fourth-order valence-electron chi connectivity index (χ4n) is 4.37. The second-order valence-electron chi connectivity index (χ2n) is 8.71. The van der Waals surface area contributed by atoms with E-state index in [1.54, 1.807) is 20.8 Å². The maximum atomic E-state index is 13.5. The second kappa shape index (κ2) is 7.50. The molecule has 2 amide bonds. The molecule has 160 valence electrons. The third kappa shape index (κ3) is 4.82. The molecule has 1 aromatic carbocycles. The Balaban J connectivity index is 1.74. The fourth-order valence-corrected chi connectivity index (χ4v) is 4.37. The van der Waals surface area contributed by atoms with Gasteiger partial charge in [-0.1, -0.05) is 0 Å². The fraction of sp³-hybridized carbons (Fsp3) is 0.600. The second-order valence-corrected chi connectivity index (χ2v) is 8.71. The van der Waals surface area contributed by atoms with Gasteiger partial charge in [-0.2, -0.15) is 13.2 Å². The summed E-state index contributed by atoms with van der Waals surface area (Å²) >= 11 is 0. The smallest absolute Gasteiger partial charge is 0.419 e. The van der Waals surface area contributed by atoms with Crippen LogP contribution in [0.2, 0.25) is 0 Å². The summed E-state index contributed by atoms with van der Waals surface area (Å²) in [6.07, 6.45) is -3.06. The van der Waals surface area contributed by atoms with Crippen LogP contribution < -0.4 is 10.6 Å². The molecule has 1 aromatic rings. The van der Waals surface area contributed by atoms with E-state index in [4.69, 9.17) is 4.74 Å².